The molecule has 0 aromatic carbocycles. The summed E-state index contributed by atoms with van der Waals surface area (Å²) in [6.07, 6.45) is 0.967. The normalized spacial score (nSPS) is 11.1. The minimum atomic E-state index is 0.302. The Morgan fingerprint density at radius 2 is 2.14 bits per heavy atom. The predicted molar refractivity (Wildman–Crippen MR) is 58.7 cm³/mol. The van der Waals surface area contributed by atoms with Gasteiger partial charge in [0.25, 0.3) is 0 Å². The fourth-order valence-electron chi connectivity index (χ4n) is 1.03. The van der Waals surface area contributed by atoms with Crippen molar-refractivity contribution in [3.05, 3.63) is 5.82 Å². The molecule has 80 valence electrons. The molecule has 0 radical (unpaired) electrons. The first kappa shape index (κ1) is 11.3. The molecule has 0 fully saturated rings. The summed E-state index contributed by atoms with van der Waals surface area (Å²) >= 11 is 1.59. The molecule has 1 aromatic rings. The summed E-state index contributed by atoms with van der Waals surface area (Å²) in [5, 5.41) is 8.81. The highest BCUT2D eigenvalue weighted by molar-refractivity contribution is 7.99. The lowest BCUT2D eigenvalue weighted by Gasteiger charge is -2.04. The van der Waals surface area contributed by atoms with E-state index in [0.717, 1.165) is 23.2 Å². The lowest BCUT2D eigenvalue weighted by Crippen LogP contribution is -2.15. The van der Waals surface area contributed by atoms with Crippen molar-refractivity contribution in [3.8, 4) is 0 Å². The van der Waals surface area contributed by atoms with Gasteiger partial charge in [0, 0.05) is 11.7 Å². The predicted octanol–water partition coefficient (Wildman–Crippen LogP) is 0.556. The van der Waals surface area contributed by atoms with Crippen LogP contribution in [0.3, 0.4) is 0 Å². The molecule has 1 heterocycles. The Morgan fingerprint density at radius 3 is 2.64 bits per heavy atom. The number of nitrogens with two attached hydrogens (primary N) is 2. The Morgan fingerprint density at radius 1 is 1.43 bits per heavy atom. The Kier molecular flexibility index (Phi) is 4.21. The smallest absolute Gasteiger partial charge is 0.209 e. The van der Waals surface area contributed by atoms with Crippen molar-refractivity contribution in [2.75, 3.05) is 18.1 Å². The minimum Gasteiger partial charge on any atom is -0.336 e. The molecular weight excluding hydrogens is 198 g/mol. The molecular formula is C8H17N5S. The lowest BCUT2D eigenvalue weighted by atomic mass is 10.2. The lowest BCUT2D eigenvalue weighted by molar-refractivity contribution is 0.711. The molecule has 0 saturated carbocycles. The van der Waals surface area contributed by atoms with E-state index in [1.165, 1.54) is 0 Å². The van der Waals surface area contributed by atoms with E-state index in [4.69, 9.17) is 11.6 Å². The van der Waals surface area contributed by atoms with Crippen LogP contribution in [0.1, 0.15) is 32.0 Å². The fourth-order valence-corrected chi connectivity index (χ4v) is 1.85. The van der Waals surface area contributed by atoms with E-state index in [2.05, 4.69) is 10.2 Å². The van der Waals surface area contributed by atoms with Gasteiger partial charge in [0.1, 0.15) is 0 Å². The monoisotopic (exact) mass is 215 g/mol. The van der Waals surface area contributed by atoms with Crippen LogP contribution in [0.15, 0.2) is 5.16 Å². The maximum absolute atomic E-state index is 5.83. The maximum atomic E-state index is 5.83. The molecule has 14 heavy (non-hydrogen) atoms. The Hall–Kier alpha value is -0.750. The van der Waals surface area contributed by atoms with Crippen molar-refractivity contribution in [1.29, 1.82) is 0 Å². The van der Waals surface area contributed by atoms with Gasteiger partial charge in [0.05, 0.1) is 0 Å². The van der Waals surface area contributed by atoms with E-state index in [9.17, 15) is 0 Å². The molecule has 4 N–H and O–H groups in total. The maximum Gasteiger partial charge on any atom is 0.209 e. The third-order valence-electron chi connectivity index (χ3n) is 1.79. The molecule has 0 amide bonds. The van der Waals surface area contributed by atoms with Crippen LogP contribution >= 0.6 is 11.8 Å². The van der Waals surface area contributed by atoms with E-state index in [0.29, 0.717) is 12.5 Å². The Labute approximate surface area is 88.2 Å². The van der Waals surface area contributed by atoms with Crippen molar-refractivity contribution in [2.45, 2.75) is 31.3 Å². The van der Waals surface area contributed by atoms with Crippen LogP contribution in [0.5, 0.6) is 0 Å². The SMILES string of the molecule is CC(C)c1nnc(SCCCN)n1N. The highest BCUT2D eigenvalue weighted by Crippen LogP contribution is 2.18. The molecule has 0 atom stereocenters. The van der Waals surface area contributed by atoms with E-state index in [1.54, 1.807) is 16.4 Å². The van der Waals surface area contributed by atoms with Crippen molar-refractivity contribution >= 4 is 11.8 Å². The van der Waals surface area contributed by atoms with Crippen molar-refractivity contribution < 1.29 is 0 Å². The quantitative estimate of drug-likeness (QED) is 0.426. The average Bonchev–Trinajstić information content (AvgIpc) is 2.48. The van der Waals surface area contributed by atoms with Crippen LogP contribution in [0, 0.1) is 0 Å². The number of aromatic nitrogens is 3. The number of nitrogens with zero attached hydrogens (tertiary/aromatic N) is 3. The molecule has 0 saturated heterocycles. The van der Waals surface area contributed by atoms with E-state index in [1.807, 2.05) is 13.8 Å². The summed E-state index contributed by atoms with van der Waals surface area (Å²) in [5.74, 6) is 7.88. The van der Waals surface area contributed by atoms with Gasteiger partial charge in [-0.1, -0.05) is 25.6 Å². The number of rotatable bonds is 5. The fraction of sp³-hybridized carbons (Fsp3) is 0.750. The van der Waals surface area contributed by atoms with E-state index < -0.39 is 0 Å². The molecule has 0 spiro atoms. The van der Waals surface area contributed by atoms with Gasteiger partial charge in [-0.25, -0.2) is 4.68 Å². The summed E-state index contributed by atoms with van der Waals surface area (Å²) in [6.45, 7) is 4.78. The molecule has 1 aromatic heterocycles. The van der Waals surface area contributed by atoms with Gasteiger partial charge in [-0.3, -0.25) is 0 Å². The van der Waals surface area contributed by atoms with Crippen molar-refractivity contribution in [3.63, 3.8) is 0 Å². The van der Waals surface area contributed by atoms with Gasteiger partial charge >= 0.3 is 0 Å². The van der Waals surface area contributed by atoms with Crippen molar-refractivity contribution in [1.82, 2.24) is 14.9 Å². The second kappa shape index (κ2) is 5.21. The van der Waals surface area contributed by atoms with Crippen LogP contribution in [-0.4, -0.2) is 27.2 Å². The summed E-state index contributed by atoms with van der Waals surface area (Å²) in [6, 6.07) is 0. The number of hydrogen-bond acceptors (Lipinski definition) is 5. The topological polar surface area (TPSA) is 82.8 Å². The number of hydrogen-bond donors (Lipinski definition) is 2. The number of thioether (sulfide) groups is 1. The summed E-state index contributed by atoms with van der Waals surface area (Å²) in [5.41, 5.74) is 5.40. The van der Waals surface area contributed by atoms with Crippen LogP contribution in [0.25, 0.3) is 0 Å². The van der Waals surface area contributed by atoms with Crippen LogP contribution < -0.4 is 11.6 Å². The first-order valence-electron chi connectivity index (χ1n) is 4.70. The minimum absolute atomic E-state index is 0.302. The molecule has 0 unspecified atom stereocenters. The van der Waals surface area contributed by atoms with Crippen LogP contribution in [0.4, 0.5) is 0 Å². The number of nitrogen functional groups attached to an aromatic ring is 1. The molecule has 0 aliphatic heterocycles. The first-order valence-corrected chi connectivity index (χ1v) is 5.68. The van der Waals surface area contributed by atoms with E-state index in [-0.39, 0.29) is 0 Å². The highest BCUT2D eigenvalue weighted by atomic mass is 32.2. The van der Waals surface area contributed by atoms with Gasteiger partial charge in [0.15, 0.2) is 5.82 Å². The zero-order valence-corrected chi connectivity index (χ0v) is 9.42. The average molecular weight is 215 g/mol. The third-order valence-corrected chi connectivity index (χ3v) is 2.82. The summed E-state index contributed by atoms with van der Waals surface area (Å²) in [4.78, 5) is 0. The standard InChI is InChI=1S/C8H17N5S/c1-6(2)7-11-12-8(13(7)10)14-5-3-4-9/h6H,3-5,9-10H2,1-2H3. The third kappa shape index (κ3) is 2.62. The molecule has 1 rings (SSSR count). The van der Waals surface area contributed by atoms with Gasteiger partial charge in [-0.15, -0.1) is 10.2 Å². The molecule has 0 aliphatic carbocycles. The van der Waals surface area contributed by atoms with Gasteiger partial charge in [-0.05, 0) is 13.0 Å². The second-order valence-corrected chi connectivity index (χ2v) is 4.42. The largest absolute Gasteiger partial charge is 0.336 e. The van der Waals surface area contributed by atoms with Gasteiger partial charge in [-0.2, -0.15) is 0 Å². The van der Waals surface area contributed by atoms with Crippen LogP contribution in [0.2, 0.25) is 0 Å². The van der Waals surface area contributed by atoms with Gasteiger partial charge < -0.3 is 11.6 Å². The summed E-state index contributed by atoms with van der Waals surface area (Å²) < 4.78 is 1.56. The Bertz CT molecular complexity index is 283. The van der Waals surface area contributed by atoms with E-state index >= 15 is 0 Å². The van der Waals surface area contributed by atoms with Gasteiger partial charge in [0.2, 0.25) is 5.16 Å². The molecule has 0 bridgehead atoms. The Balaban J connectivity index is 2.60. The zero-order chi connectivity index (χ0) is 10.6. The molecule has 6 heteroatoms. The first-order chi connectivity index (χ1) is 6.66. The highest BCUT2D eigenvalue weighted by Gasteiger charge is 2.12. The second-order valence-electron chi connectivity index (χ2n) is 3.36. The summed E-state index contributed by atoms with van der Waals surface area (Å²) in [7, 11) is 0. The van der Waals surface area contributed by atoms with Crippen LogP contribution in [-0.2, 0) is 0 Å². The molecule has 0 aliphatic rings. The van der Waals surface area contributed by atoms with Crippen molar-refractivity contribution in [2.24, 2.45) is 5.73 Å². The zero-order valence-electron chi connectivity index (χ0n) is 8.60. The molecule has 5 nitrogen and oxygen atoms in total.